The van der Waals surface area contributed by atoms with E-state index in [0.29, 0.717) is 19.0 Å². The van der Waals surface area contributed by atoms with Crippen LogP contribution >= 0.6 is 0 Å². The van der Waals surface area contributed by atoms with Crippen molar-refractivity contribution in [3.05, 3.63) is 35.5 Å². The number of hydrogen-bond donors (Lipinski definition) is 2. The molecular formula is C15H23N3. The minimum Gasteiger partial charge on any atom is -0.346 e. The zero-order valence-corrected chi connectivity index (χ0v) is 11.3. The fourth-order valence-electron chi connectivity index (χ4n) is 2.43. The van der Waals surface area contributed by atoms with Gasteiger partial charge in [-0.1, -0.05) is 19.9 Å². The Hall–Kier alpha value is -1.32. The molecule has 3 nitrogen and oxygen atoms in total. The second kappa shape index (κ2) is 5.55. The van der Waals surface area contributed by atoms with Crippen molar-refractivity contribution in [2.24, 2.45) is 11.5 Å². The smallest absolute Gasteiger partial charge is 0.0483 e. The Bertz CT molecular complexity index is 526. The van der Waals surface area contributed by atoms with Gasteiger partial charge in [0.2, 0.25) is 0 Å². The number of nitrogens with two attached hydrogens (primary N) is 2. The maximum absolute atomic E-state index is 5.70. The Labute approximate surface area is 109 Å². The molecule has 0 fully saturated rings. The predicted octanol–water partition coefficient (Wildman–Crippen LogP) is 2.22. The number of nitrogens with zero attached hydrogens (tertiary/aromatic N) is 1. The highest BCUT2D eigenvalue weighted by Gasteiger charge is 2.09. The maximum atomic E-state index is 5.70. The first-order valence-corrected chi connectivity index (χ1v) is 6.69. The number of hydrogen-bond acceptors (Lipinski definition) is 2. The molecule has 98 valence electrons. The van der Waals surface area contributed by atoms with E-state index in [-0.39, 0.29) is 0 Å². The van der Waals surface area contributed by atoms with Crippen LogP contribution in [0.1, 0.15) is 30.9 Å². The molecule has 0 spiro atoms. The van der Waals surface area contributed by atoms with Crippen LogP contribution in [0.25, 0.3) is 10.9 Å². The molecule has 0 atom stereocenters. The lowest BCUT2D eigenvalue weighted by atomic mass is 10.00. The SMILES string of the molecule is CC(C)c1ccc2c(c1)c(CCN)cn2CCN. The zero-order chi connectivity index (χ0) is 13.1. The molecule has 1 heterocycles. The molecule has 3 heteroatoms. The van der Waals surface area contributed by atoms with Crippen LogP contribution < -0.4 is 11.5 Å². The van der Waals surface area contributed by atoms with Gasteiger partial charge in [0.1, 0.15) is 0 Å². The van der Waals surface area contributed by atoms with Gasteiger partial charge in [0, 0.05) is 30.2 Å². The van der Waals surface area contributed by atoms with Crippen molar-refractivity contribution >= 4 is 10.9 Å². The van der Waals surface area contributed by atoms with E-state index in [2.05, 4.69) is 42.8 Å². The van der Waals surface area contributed by atoms with Gasteiger partial charge in [-0.2, -0.15) is 0 Å². The van der Waals surface area contributed by atoms with E-state index < -0.39 is 0 Å². The topological polar surface area (TPSA) is 57.0 Å². The summed E-state index contributed by atoms with van der Waals surface area (Å²) in [5.74, 6) is 0.554. The summed E-state index contributed by atoms with van der Waals surface area (Å²) in [5.41, 5.74) is 15.4. The summed E-state index contributed by atoms with van der Waals surface area (Å²) in [7, 11) is 0. The van der Waals surface area contributed by atoms with Gasteiger partial charge in [-0.05, 0) is 42.1 Å². The van der Waals surface area contributed by atoms with Crippen molar-refractivity contribution in [1.82, 2.24) is 4.57 Å². The largest absolute Gasteiger partial charge is 0.346 e. The Balaban J connectivity index is 2.55. The summed E-state index contributed by atoms with van der Waals surface area (Å²) in [6.45, 7) is 6.66. The van der Waals surface area contributed by atoms with Gasteiger partial charge in [0.25, 0.3) is 0 Å². The fourth-order valence-corrected chi connectivity index (χ4v) is 2.43. The van der Waals surface area contributed by atoms with Crippen molar-refractivity contribution in [3.8, 4) is 0 Å². The summed E-state index contributed by atoms with van der Waals surface area (Å²) >= 11 is 0. The first kappa shape index (κ1) is 13.1. The molecule has 2 rings (SSSR count). The fraction of sp³-hybridized carbons (Fsp3) is 0.467. The van der Waals surface area contributed by atoms with Gasteiger partial charge >= 0.3 is 0 Å². The van der Waals surface area contributed by atoms with E-state index in [1.807, 2.05) is 0 Å². The Morgan fingerprint density at radius 2 is 1.94 bits per heavy atom. The number of benzene rings is 1. The number of rotatable bonds is 5. The normalized spacial score (nSPS) is 11.6. The second-order valence-electron chi connectivity index (χ2n) is 5.11. The van der Waals surface area contributed by atoms with Crippen molar-refractivity contribution in [2.45, 2.75) is 32.7 Å². The minimum absolute atomic E-state index is 0.554. The van der Waals surface area contributed by atoms with Crippen molar-refractivity contribution < 1.29 is 0 Å². The molecule has 0 unspecified atom stereocenters. The van der Waals surface area contributed by atoms with Crippen molar-refractivity contribution in [3.63, 3.8) is 0 Å². The Morgan fingerprint density at radius 1 is 1.17 bits per heavy atom. The van der Waals surface area contributed by atoms with Crippen LogP contribution in [0.15, 0.2) is 24.4 Å². The summed E-state index contributed by atoms with van der Waals surface area (Å²) in [6.07, 6.45) is 3.13. The van der Waals surface area contributed by atoms with Crippen molar-refractivity contribution in [2.75, 3.05) is 13.1 Å². The quantitative estimate of drug-likeness (QED) is 0.848. The van der Waals surface area contributed by atoms with Crippen LogP contribution in [-0.4, -0.2) is 17.7 Å². The molecule has 0 aliphatic heterocycles. The first-order chi connectivity index (χ1) is 8.67. The summed E-state index contributed by atoms with van der Waals surface area (Å²) in [4.78, 5) is 0. The molecule has 0 aliphatic carbocycles. The van der Waals surface area contributed by atoms with Gasteiger partial charge in [-0.25, -0.2) is 0 Å². The van der Waals surface area contributed by atoms with Crippen LogP contribution in [0.3, 0.4) is 0 Å². The third-order valence-electron chi connectivity index (χ3n) is 3.44. The van der Waals surface area contributed by atoms with Gasteiger partial charge in [-0.3, -0.25) is 0 Å². The average Bonchev–Trinajstić information content (AvgIpc) is 2.68. The van der Waals surface area contributed by atoms with Crippen molar-refractivity contribution in [1.29, 1.82) is 0 Å². The predicted molar refractivity (Wildman–Crippen MR) is 77.8 cm³/mol. The molecular weight excluding hydrogens is 222 g/mol. The van der Waals surface area contributed by atoms with Crippen LogP contribution in [0.2, 0.25) is 0 Å². The zero-order valence-electron chi connectivity index (χ0n) is 11.3. The van der Waals surface area contributed by atoms with E-state index in [0.717, 1.165) is 13.0 Å². The molecule has 0 saturated heterocycles. The third-order valence-corrected chi connectivity index (χ3v) is 3.44. The molecule has 0 radical (unpaired) electrons. The van der Waals surface area contributed by atoms with Crippen LogP contribution in [0.4, 0.5) is 0 Å². The van der Waals surface area contributed by atoms with Crippen LogP contribution in [-0.2, 0) is 13.0 Å². The van der Waals surface area contributed by atoms with E-state index in [4.69, 9.17) is 11.5 Å². The molecule has 0 amide bonds. The third kappa shape index (κ3) is 2.42. The van der Waals surface area contributed by atoms with Gasteiger partial charge in [0.15, 0.2) is 0 Å². The van der Waals surface area contributed by atoms with Crippen LogP contribution in [0.5, 0.6) is 0 Å². The van der Waals surface area contributed by atoms with Crippen LogP contribution in [0, 0.1) is 0 Å². The number of fused-ring (bicyclic) bond motifs is 1. The molecule has 0 bridgehead atoms. The molecule has 1 aromatic carbocycles. The lowest BCUT2D eigenvalue weighted by Gasteiger charge is -2.07. The standard InChI is InChI=1S/C15H23N3/c1-11(2)12-3-4-15-14(9-12)13(5-6-16)10-18(15)8-7-17/h3-4,9-11H,5-8,16-17H2,1-2H3. The number of aromatic nitrogens is 1. The van der Waals surface area contributed by atoms with E-state index in [9.17, 15) is 0 Å². The van der Waals surface area contributed by atoms with E-state index in [1.165, 1.54) is 22.0 Å². The molecule has 18 heavy (non-hydrogen) atoms. The summed E-state index contributed by atoms with van der Waals surface area (Å²) in [5, 5.41) is 1.33. The maximum Gasteiger partial charge on any atom is 0.0483 e. The Morgan fingerprint density at radius 3 is 2.56 bits per heavy atom. The van der Waals surface area contributed by atoms with Gasteiger partial charge in [0.05, 0.1) is 0 Å². The molecule has 0 aliphatic rings. The van der Waals surface area contributed by atoms with Gasteiger partial charge < -0.3 is 16.0 Å². The minimum atomic E-state index is 0.554. The first-order valence-electron chi connectivity index (χ1n) is 6.69. The summed E-state index contributed by atoms with van der Waals surface area (Å²) in [6, 6.07) is 6.73. The second-order valence-corrected chi connectivity index (χ2v) is 5.11. The molecule has 2 aromatic rings. The highest BCUT2D eigenvalue weighted by atomic mass is 15.0. The monoisotopic (exact) mass is 245 g/mol. The summed E-state index contributed by atoms with van der Waals surface area (Å²) < 4.78 is 2.24. The lowest BCUT2D eigenvalue weighted by molar-refractivity contribution is 0.731. The van der Waals surface area contributed by atoms with Gasteiger partial charge in [-0.15, -0.1) is 0 Å². The van der Waals surface area contributed by atoms with E-state index in [1.54, 1.807) is 0 Å². The lowest BCUT2D eigenvalue weighted by Crippen LogP contribution is -2.08. The Kier molecular flexibility index (Phi) is 4.04. The molecule has 0 saturated carbocycles. The molecule has 1 aromatic heterocycles. The average molecular weight is 245 g/mol. The molecule has 4 N–H and O–H groups in total. The highest BCUT2D eigenvalue weighted by molar-refractivity contribution is 5.85. The van der Waals surface area contributed by atoms with E-state index >= 15 is 0 Å². The highest BCUT2D eigenvalue weighted by Crippen LogP contribution is 2.26.